The van der Waals surface area contributed by atoms with E-state index in [1.807, 2.05) is 6.07 Å². The number of halogens is 4. The summed E-state index contributed by atoms with van der Waals surface area (Å²) in [4.78, 5) is 11.9. The fourth-order valence-corrected chi connectivity index (χ4v) is 3.49. The van der Waals surface area contributed by atoms with Crippen molar-refractivity contribution in [2.24, 2.45) is 0 Å². The van der Waals surface area contributed by atoms with Gasteiger partial charge in [0.25, 0.3) is 5.91 Å². The number of carbonyl (C=O) groups excluding carboxylic acids is 1. The van der Waals surface area contributed by atoms with Crippen molar-refractivity contribution in [3.63, 3.8) is 0 Å². The predicted molar refractivity (Wildman–Crippen MR) is 129 cm³/mol. The first-order valence-electron chi connectivity index (χ1n) is 9.39. The van der Waals surface area contributed by atoms with Crippen molar-refractivity contribution in [2.45, 2.75) is 13.2 Å². The maximum Gasteiger partial charge on any atom is 0.277 e. The van der Waals surface area contributed by atoms with Crippen LogP contribution in [-0.2, 0) is 13.2 Å². The van der Waals surface area contributed by atoms with Crippen molar-refractivity contribution in [1.29, 1.82) is 0 Å². The molecule has 0 unspecified atom stereocenters. The van der Waals surface area contributed by atoms with Gasteiger partial charge in [0, 0.05) is 35.2 Å². The highest BCUT2D eigenvalue weighted by Gasteiger charge is 2.15. The Morgan fingerprint density at radius 1 is 1.12 bits per heavy atom. The molecule has 0 aliphatic heterocycles. The van der Waals surface area contributed by atoms with Gasteiger partial charge in [0.15, 0.2) is 11.5 Å². The lowest BCUT2D eigenvalue weighted by atomic mass is 10.2. The third kappa shape index (κ3) is 7.28. The third-order valence-electron chi connectivity index (χ3n) is 4.32. The van der Waals surface area contributed by atoms with Crippen LogP contribution in [0.25, 0.3) is 0 Å². The minimum absolute atomic E-state index is 0. The molecule has 0 radical (unpaired) electrons. The smallest absolute Gasteiger partial charge is 0.277 e. The molecule has 178 valence electrons. The largest absolute Gasteiger partial charge is 0.493 e. The average Bonchev–Trinajstić information content (AvgIpc) is 3.19. The molecule has 33 heavy (non-hydrogen) atoms. The molecule has 9 nitrogen and oxygen atoms in total. The van der Waals surface area contributed by atoms with Crippen LogP contribution in [0.3, 0.4) is 0 Å². The summed E-state index contributed by atoms with van der Waals surface area (Å²) in [6.07, 6.45) is 0. The second-order valence-corrected chi connectivity index (χ2v) is 7.82. The summed E-state index contributed by atoms with van der Waals surface area (Å²) in [7, 11) is 1.53. The molecule has 3 aromatic rings. The topological polar surface area (TPSA) is 125 Å². The lowest BCUT2D eigenvalue weighted by molar-refractivity contribution is 0.0944. The molecule has 0 saturated carbocycles. The maximum atomic E-state index is 11.9. The first-order valence-corrected chi connectivity index (χ1v) is 10.5. The van der Waals surface area contributed by atoms with Crippen molar-refractivity contribution < 1.29 is 18.9 Å². The second kappa shape index (κ2) is 12.7. The number of aromatic nitrogens is 2. The zero-order chi connectivity index (χ0) is 23.1. The van der Waals surface area contributed by atoms with Gasteiger partial charge in [-0.05, 0) is 40.1 Å². The molecule has 13 heteroatoms. The highest BCUT2D eigenvalue weighted by atomic mass is 35.5. The van der Waals surface area contributed by atoms with Gasteiger partial charge in [0.2, 0.25) is 11.5 Å². The number of amides is 1. The Morgan fingerprint density at radius 2 is 1.91 bits per heavy atom. The number of hydrogen-bond acceptors (Lipinski definition) is 8. The summed E-state index contributed by atoms with van der Waals surface area (Å²) < 4.78 is 15.7. The van der Waals surface area contributed by atoms with Crippen LogP contribution < -0.4 is 25.8 Å². The quantitative estimate of drug-likeness (QED) is 0.330. The Morgan fingerprint density at radius 3 is 2.58 bits per heavy atom. The van der Waals surface area contributed by atoms with Crippen LogP contribution in [0, 0.1) is 0 Å². The van der Waals surface area contributed by atoms with Gasteiger partial charge in [0.1, 0.15) is 6.61 Å². The molecule has 0 atom stereocenters. The molecule has 1 amide bonds. The van der Waals surface area contributed by atoms with Gasteiger partial charge in [-0.3, -0.25) is 4.79 Å². The lowest BCUT2D eigenvalue weighted by Gasteiger charge is -2.15. The zero-order valence-corrected chi connectivity index (χ0v) is 20.4. The fraction of sp³-hybridized carbons (Fsp3) is 0.250. The summed E-state index contributed by atoms with van der Waals surface area (Å²) >= 11 is 18.5. The number of methoxy groups -OCH3 is 1. The number of hydrogen-bond donors (Lipinski definition) is 3. The van der Waals surface area contributed by atoms with Crippen LogP contribution in [0.4, 0.5) is 5.82 Å². The number of benzene rings is 2. The first kappa shape index (κ1) is 26.8. The molecular formula is C20H21Cl4N5O4. The van der Waals surface area contributed by atoms with Gasteiger partial charge in [-0.1, -0.05) is 40.9 Å². The molecule has 0 saturated heterocycles. The van der Waals surface area contributed by atoms with E-state index in [1.165, 1.54) is 7.11 Å². The average molecular weight is 537 g/mol. The molecule has 0 bridgehead atoms. The van der Waals surface area contributed by atoms with Crippen LogP contribution >= 0.6 is 47.2 Å². The molecular weight excluding hydrogens is 516 g/mol. The first-order chi connectivity index (χ1) is 15.4. The van der Waals surface area contributed by atoms with E-state index in [1.54, 1.807) is 24.3 Å². The molecule has 0 aliphatic carbocycles. The van der Waals surface area contributed by atoms with Gasteiger partial charge < -0.3 is 25.8 Å². The zero-order valence-electron chi connectivity index (χ0n) is 17.4. The summed E-state index contributed by atoms with van der Waals surface area (Å²) in [6.45, 7) is 1.53. The molecule has 1 heterocycles. The number of nitrogens with zero attached hydrogens (tertiary/aromatic N) is 2. The fourth-order valence-electron chi connectivity index (χ4n) is 2.74. The van der Waals surface area contributed by atoms with Crippen molar-refractivity contribution >= 4 is 58.9 Å². The third-order valence-corrected chi connectivity index (χ3v) is 5.19. The second-order valence-electron chi connectivity index (χ2n) is 6.56. The Balaban J connectivity index is 0.00000385. The Hall–Kier alpha value is -2.43. The van der Waals surface area contributed by atoms with E-state index in [2.05, 4.69) is 25.6 Å². The van der Waals surface area contributed by atoms with E-state index >= 15 is 0 Å². The van der Waals surface area contributed by atoms with E-state index in [0.717, 1.165) is 11.1 Å². The normalized spacial score (nSPS) is 10.4. The summed E-state index contributed by atoms with van der Waals surface area (Å²) in [5.41, 5.74) is 7.08. The number of nitrogens with two attached hydrogens (primary N) is 1. The van der Waals surface area contributed by atoms with E-state index < -0.39 is 5.91 Å². The maximum absolute atomic E-state index is 11.9. The molecule has 3 rings (SSSR count). The number of anilines is 1. The number of rotatable bonds is 10. The lowest BCUT2D eigenvalue weighted by Crippen LogP contribution is -2.32. The molecule has 0 fully saturated rings. The minimum atomic E-state index is -0.461. The molecule has 4 N–H and O–H groups in total. The van der Waals surface area contributed by atoms with Crippen LogP contribution in [0.2, 0.25) is 15.1 Å². The summed E-state index contributed by atoms with van der Waals surface area (Å²) in [6, 6.07) is 8.76. The number of ether oxygens (including phenoxy) is 2. The van der Waals surface area contributed by atoms with E-state index in [-0.39, 0.29) is 30.5 Å². The van der Waals surface area contributed by atoms with Gasteiger partial charge in [-0.25, -0.2) is 4.63 Å². The van der Waals surface area contributed by atoms with E-state index in [9.17, 15) is 4.79 Å². The monoisotopic (exact) mass is 535 g/mol. The predicted octanol–water partition coefficient (Wildman–Crippen LogP) is 4.14. The van der Waals surface area contributed by atoms with E-state index in [4.69, 9.17) is 50.0 Å². The molecule has 0 aliphatic rings. The summed E-state index contributed by atoms with van der Waals surface area (Å²) in [5.74, 6) is 0.382. The minimum Gasteiger partial charge on any atom is -0.493 e. The van der Waals surface area contributed by atoms with Crippen LogP contribution in [0.5, 0.6) is 11.5 Å². The highest BCUT2D eigenvalue weighted by molar-refractivity contribution is 6.35. The Kier molecular flexibility index (Phi) is 10.3. The van der Waals surface area contributed by atoms with Gasteiger partial charge >= 0.3 is 0 Å². The van der Waals surface area contributed by atoms with Crippen molar-refractivity contribution in [2.75, 3.05) is 25.9 Å². The van der Waals surface area contributed by atoms with Crippen molar-refractivity contribution in [1.82, 2.24) is 20.9 Å². The summed E-state index contributed by atoms with van der Waals surface area (Å²) in [5, 5.41) is 14.1. The van der Waals surface area contributed by atoms with E-state index in [0.29, 0.717) is 46.2 Å². The van der Waals surface area contributed by atoms with Gasteiger partial charge in [-0.2, -0.15) is 0 Å². The SMILES string of the molecule is COc1cc(CNCCNC(=O)c2nonc2N)cc(Cl)c1OCc1ccc(Cl)cc1Cl.Cl. The van der Waals surface area contributed by atoms with Crippen LogP contribution in [0.15, 0.2) is 35.0 Å². The number of nitrogen functional groups attached to an aromatic ring is 1. The highest BCUT2D eigenvalue weighted by Crippen LogP contribution is 2.37. The standard InChI is InChI=1S/C20H20Cl3N5O4.ClH/c1-30-16-7-11(9-25-4-5-26-20(29)17-19(24)28-32-27-17)6-15(23)18(16)31-10-12-2-3-13(21)8-14(12)22;/h2-3,6-8,25H,4-5,9-10H2,1H3,(H2,24,28)(H,26,29);1H. The van der Waals surface area contributed by atoms with Crippen molar-refractivity contribution in [3.05, 3.63) is 62.2 Å². The number of carbonyl (C=O) groups is 1. The number of nitrogens with one attached hydrogen (secondary N) is 2. The Labute approximate surface area is 211 Å². The van der Waals surface area contributed by atoms with Crippen molar-refractivity contribution in [3.8, 4) is 11.5 Å². The molecule has 0 spiro atoms. The Bertz CT molecular complexity index is 1100. The van der Waals surface area contributed by atoms with Crippen LogP contribution in [0.1, 0.15) is 21.6 Å². The molecule has 2 aromatic carbocycles. The van der Waals surface area contributed by atoms with Gasteiger partial charge in [0.05, 0.1) is 12.1 Å². The van der Waals surface area contributed by atoms with Gasteiger partial charge in [-0.15, -0.1) is 12.4 Å². The van der Waals surface area contributed by atoms with Crippen LogP contribution in [-0.4, -0.2) is 36.4 Å². The molecule has 1 aromatic heterocycles.